The quantitative estimate of drug-likeness (QED) is 0.709. The zero-order valence-electron chi connectivity index (χ0n) is 10.9. The second kappa shape index (κ2) is 6.65. The SMILES string of the molecule is Cc1cc(C(=O)NC(CCC(N)=O)C(=O)O)ccc1F. The van der Waals surface area contributed by atoms with Crippen LogP contribution in [0.2, 0.25) is 0 Å². The van der Waals surface area contributed by atoms with Gasteiger partial charge in [0.25, 0.3) is 5.91 Å². The predicted molar refractivity (Wildman–Crippen MR) is 68.5 cm³/mol. The van der Waals surface area contributed by atoms with Crippen molar-refractivity contribution < 1.29 is 23.9 Å². The molecule has 0 bridgehead atoms. The molecule has 0 radical (unpaired) electrons. The molecule has 0 aliphatic heterocycles. The number of aliphatic carboxylic acids is 1. The highest BCUT2D eigenvalue weighted by atomic mass is 19.1. The summed E-state index contributed by atoms with van der Waals surface area (Å²) in [5, 5.41) is 11.2. The van der Waals surface area contributed by atoms with E-state index in [9.17, 15) is 18.8 Å². The Kier molecular flexibility index (Phi) is 5.19. The van der Waals surface area contributed by atoms with E-state index in [4.69, 9.17) is 10.8 Å². The molecule has 1 atom stereocenters. The maximum atomic E-state index is 13.1. The minimum absolute atomic E-state index is 0.101. The van der Waals surface area contributed by atoms with Crippen molar-refractivity contribution in [3.05, 3.63) is 35.1 Å². The number of carboxylic acids is 1. The Bertz CT molecular complexity index is 545. The minimum atomic E-state index is -1.27. The molecule has 0 aromatic heterocycles. The Morgan fingerprint density at radius 3 is 2.55 bits per heavy atom. The van der Waals surface area contributed by atoms with E-state index in [-0.39, 0.29) is 24.0 Å². The standard InChI is InChI=1S/C13H15FN2O4/c1-7-6-8(2-3-9(7)14)12(18)16-10(13(19)20)4-5-11(15)17/h2-3,6,10H,4-5H2,1H3,(H2,15,17)(H,16,18)(H,19,20). The Balaban J connectivity index is 2.77. The molecule has 0 heterocycles. The van der Waals surface area contributed by atoms with Gasteiger partial charge in [0.2, 0.25) is 5.91 Å². The number of rotatable bonds is 6. The van der Waals surface area contributed by atoms with Crippen molar-refractivity contribution in [3.8, 4) is 0 Å². The Hall–Kier alpha value is -2.44. The van der Waals surface area contributed by atoms with Gasteiger partial charge >= 0.3 is 5.97 Å². The van der Waals surface area contributed by atoms with Crippen molar-refractivity contribution in [1.82, 2.24) is 5.32 Å². The first-order valence-electron chi connectivity index (χ1n) is 5.89. The lowest BCUT2D eigenvalue weighted by Gasteiger charge is -2.14. The fraction of sp³-hybridized carbons (Fsp3) is 0.308. The van der Waals surface area contributed by atoms with Crippen LogP contribution in [0.25, 0.3) is 0 Å². The summed E-state index contributed by atoms with van der Waals surface area (Å²) < 4.78 is 13.1. The Morgan fingerprint density at radius 1 is 1.40 bits per heavy atom. The molecule has 0 aliphatic rings. The first kappa shape index (κ1) is 15.6. The van der Waals surface area contributed by atoms with Gasteiger partial charge < -0.3 is 16.2 Å². The third-order valence-corrected chi connectivity index (χ3v) is 2.70. The molecule has 20 heavy (non-hydrogen) atoms. The van der Waals surface area contributed by atoms with Gasteiger partial charge in [0, 0.05) is 12.0 Å². The van der Waals surface area contributed by atoms with E-state index in [2.05, 4.69) is 5.32 Å². The first-order chi connectivity index (χ1) is 9.31. The number of hydrogen-bond donors (Lipinski definition) is 3. The number of amides is 2. The van der Waals surface area contributed by atoms with E-state index in [1.807, 2.05) is 0 Å². The molecule has 7 heteroatoms. The maximum Gasteiger partial charge on any atom is 0.326 e. The molecule has 0 aliphatic carbocycles. The average Bonchev–Trinajstić information content (AvgIpc) is 2.36. The summed E-state index contributed by atoms with van der Waals surface area (Å²) in [6, 6.07) is 2.48. The number of nitrogens with one attached hydrogen (secondary N) is 1. The van der Waals surface area contributed by atoms with Crippen LogP contribution in [0.3, 0.4) is 0 Å². The number of halogens is 1. The molecule has 1 unspecified atom stereocenters. The van der Waals surface area contributed by atoms with Crippen molar-refractivity contribution in [2.24, 2.45) is 5.73 Å². The van der Waals surface area contributed by atoms with E-state index in [0.717, 1.165) is 6.07 Å². The average molecular weight is 282 g/mol. The highest BCUT2D eigenvalue weighted by molar-refractivity contribution is 5.96. The van der Waals surface area contributed by atoms with Crippen LogP contribution >= 0.6 is 0 Å². The summed E-state index contributed by atoms with van der Waals surface area (Å²) in [5.74, 6) is -3.02. The number of aryl methyl sites for hydroxylation is 1. The zero-order valence-corrected chi connectivity index (χ0v) is 10.9. The van der Waals surface area contributed by atoms with Crippen LogP contribution in [0.5, 0.6) is 0 Å². The number of carboxylic acid groups (broad SMARTS) is 1. The minimum Gasteiger partial charge on any atom is -0.480 e. The molecular formula is C13H15FN2O4. The van der Waals surface area contributed by atoms with Gasteiger partial charge in [-0.1, -0.05) is 0 Å². The summed E-state index contributed by atoms with van der Waals surface area (Å²) in [5.41, 5.74) is 5.36. The number of primary amides is 1. The third kappa shape index (κ3) is 4.34. The van der Waals surface area contributed by atoms with E-state index in [0.29, 0.717) is 0 Å². The van der Waals surface area contributed by atoms with Crippen LogP contribution in [-0.4, -0.2) is 28.9 Å². The summed E-state index contributed by atoms with van der Waals surface area (Å²) in [6.45, 7) is 1.49. The van der Waals surface area contributed by atoms with Crippen molar-refractivity contribution in [2.45, 2.75) is 25.8 Å². The van der Waals surface area contributed by atoms with Crippen LogP contribution in [0.1, 0.15) is 28.8 Å². The summed E-state index contributed by atoms with van der Waals surface area (Å²) in [7, 11) is 0. The molecule has 1 aromatic carbocycles. The lowest BCUT2D eigenvalue weighted by Crippen LogP contribution is -2.41. The molecule has 1 rings (SSSR count). The van der Waals surface area contributed by atoms with Gasteiger partial charge in [-0.15, -0.1) is 0 Å². The largest absolute Gasteiger partial charge is 0.480 e. The normalized spacial score (nSPS) is 11.7. The number of carbonyl (C=O) groups is 3. The molecule has 1 aromatic rings. The molecule has 0 spiro atoms. The lowest BCUT2D eigenvalue weighted by atomic mass is 10.1. The first-order valence-corrected chi connectivity index (χ1v) is 5.89. The Labute approximate surface area is 114 Å². The third-order valence-electron chi connectivity index (χ3n) is 2.70. The molecule has 0 saturated carbocycles. The lowest BCUT2D eigenvalue weighted by molar-refractivity contribution is -0.139. The highest BCUT2D eigenvalue weighted by Crippen LogP contribution is 2.10. The van der Waals surface area contributed by atoms with Crippen molar-refractivity contribution in [2.75, 3.05) is 0 Å². The molecule has 108 valence electrons. The summed E-state index contributed by atoms with van der Waals surface area (Å²) in [4.78, 5) is 33.5. The van der Waals surface area contributed by atoms with E-state index < -0.39 is 29.6 Å². The summed E-state index contributed by atoms with van der Waals surface area (Å²) >= 11 is 0. The smallest absolute Gasteiger partial charge is 0.326 e. The number of benzene rings is 1. The zero-order chi connectivity index (χ0) is 15.3. The van der Waals surface area contributed by atoms with Crippen LogP contribution < -0.4 is 11.1 Å². The second-order valence-corrected chi connectivity index (χ2v) is 4.33. The number of nitrogens with two attached hydrogens (primary N) is 1. The molecule has 2 amide bonds. The van der Waals surface area contributed by atoms with Gasteiger partial charge in [-0.05, 0) is 37.1 Å². The second-order valence-electron chi connectivity index (χ2n) is 4.33. The molecular weight excluding hydrogens is 267 g/mol. The monoisotopic (exact) mass is 282 g/mol. The van der Waals surface area contributed by atoms with Gasteiger partial charge in [-0.3, -0.25) is 9.59 Å². The van der Waals surface area contributed by atoms with Crippen LogP contribution in [0.4, 0.5) is 4.39 Å². The molecule has 4 N–H and O–H groups in total. The van der Waals surface area contributed by atoms with E-state index in [1.165, 1.54) is 19.1 Å². The van der Waals surface area contributed by atoms with Gasteiger partial charge in [-0.2, -0.15) is 0 Å². The van der Waals surface area contributed by atoms with Crippen molar-refractivity contribution in [1.29, 1.82) is 0 Å². The number of hydrogen-bond acceptors (Lipinski definition) is 3. The van der Waals surface area contributed by atoms with Crippen LogP contribution in [-0.2, 0) is 9.59 Å². The fourth-order valence-electron chi connectivity index (χ4n) is 1.57. The van der Waals surface area contributed by atoms with Gasteiger partial charge in [0.1, 0.15) is 11.9 Å². The molecule has 0 fully saturated rings. The number of carbonyl (C=O) groups excluding carboxylic acids is 2. The van der Waals surface area contributed by atoms with Crippen LogP contribution in [0.15, 0.2) is 18.2 Å². The van der Waals surface area contributed by atoms with E-state index >= 15 is 0 Å². The topological polar surface area (TPSA) is 109 Å². The Morgan fingerprint density at radius 2 is 2.05 bits per heavy atom. The fourth-order valence-corrected chi connectivity index (χ4v) is 1.57. The maximum absolute atomic E-state index is 13.1. The van der Waals surface area contributed by atoms with Crippen molar-refractivity contribution >= 4 is 17.8 Å². The molecule has 0 saturated heterocycles. The molecule has 6 nitrogen and oxygen atoms in total. The van der Waals surface area contributed by atoms with E-state index in [1.54, 1.807) is 0 Å². The van der Waals surface area contributed by atoms with Gasteiger partial charge in [0.05, 0.1) is 0 Å². The summed E-state index contributed by atoms with van der Waals surface area (Å²) in [6.07, 6.45) is -0.254. The predicted octanol–water partition coefficient (Wildman–Crippen LogP) is 0.583. The van der Waals surface area contributed by atoms with Crippen molar-refractivity contribution in [3.63, 3.8) is 0 Å². The van der Waals surface area contributed by atoms with Crippen LogP contribution in [0, 0.1) is 12.7 Å². The van der Waals surface area contributed by atoms with Gasteiger partial charge in [-0.25, -0.2) is 9.18 Å². The highest BCUT2D eigenvalue weighted by Gasteiger charge is 2.21. The van der Waals surface area contributed by atoms with Gasteiger partial charge in [0.15, 0.2) is 0 Å².